The molecule has 0 bridgehead atoms. The second-order valence-corrected chi connectivity index (χ2v) is 7.69. The fourth-order valence-corrected chi connectivity index (χ4v) is 3.67. The van der Waals surface area contributed by atoms with Gasteiger partial charge in [0, 0.05) is 11.8 Å². The van der Waals surface area contributed by atoms with Crippen molar-refractivity contribution in [1.82, 2.24) is 20.4 Å². The molecule has 2 amide bonds. The number of ether oxygens (including phenoxy) is 2. The Morgan fingerprint density at radius 2 is 1.77 bits per heavy atom. The van der Waals surface area contributed by atoms with Gasteiger partial charge in [-0.2, -0.15) is 5.10 Å². The summed E-state index contributed by atoms with van der Waals surface area (Å²) in [6.45, 7) is 3.07. The maximum Gasteiger partial charge on any atom is 0.342 e. The van der Waals surface area contributed by atoms with Crippen LogP contribution in [0.1, 0.15) is 24.2 Å². The van der Waals surface area contributed by atoms with Crippen LogP contribution >= 0.6 is 0 Å². The molecule has 0 radical (unpaired) electrons. The van der Waals surface area contributed by atoms with Crippen molar-refractivity contribution >= 4 is 18.0 Å². The molecule has 4 rings (SSSR count). The van der Waals surface area contributed by atoms with Gasteiger partial charge in [0.25, 0.3) is 0 Å². The number of carbonyl (C=O) groups is 3. The lowest BCUT2D eigenvalue weighted by atomic mass is 10.0. The number of urea groups is 1. The molecule has 1 aliphatic rings. The van der Waals surface area contributed by atoms with Crippen molar-refractivity contribution in [2.24, 2.45) is 0 Å². The largest absolute Gasteiger partial charge is 0.463 e. The first-order valence-electron chi connectivity index (χ1n) is 10.9. The number of para-hydroxylation sites is 1. The summed E-state index contributed by atoms with van der Waals surface area (Å²) in [5.41, 5.74) is 1.95. The molecular formula is C25H23FN4O5. The summed E-state index contributed by atoms with van der Waals surface area (Å²) >= 11 is 0. The molecule has 0 aliphatic carbocycles. The van der Waals surface area contributed by atoms with Crippen molar-refractivity contribution in [1.29, 1.82) is 0 Å². The van der Waals surface area contributed by atoms with E-state index in [2.05, 4.69) is 15.7 Å². The average molecular weight is 478 g/mol. The molecule has 2 aromatic carbocycles. The minimum Gasteiger partial charge on any atom is -0.463 e. The SMILES string of the molecule is CCOC(=O)C1=C(COC(=O)c2cn(-c3ccccc3)nc2-c2ccc(F)cc2)NC(=O)N[C@@H]1C. The number of carbonyl (C=O) groups excluding carboxylic acids is 3. The van der Waals surface area contributed by atoms with Gasteiger partial charge < -0.3 is 20.1 Å². The monoisotopic (exact) mass is 478 g/mol. The average Bonchev–Trinajstić information content (AvgIpc) is 3.29. The summed E-state index contributed by atoms with van der Waals surface area (Å²) in [4.78, 5) is 37.5. The maximum absolute atomic E-state index is 13.5. The highest BCUT2D eigenvalue weighted by molar-refractivity contribution is 5.97. The third-order valence-electron chi connectivity index (χ3n) is 5.29. The van der Waals surface area contributed by atoms with Crippen LogP contribution in [0, 0.1) is 5.82 Å². The Morgan fingerprint density at radius 1 is 1.06 bits per heavy atom. The Hall–Kier alpha value is -4.47. The molecule has 0 spiro atoms. The van der Waals surface area contributed by atoms with Crippen LogP contribution in [-0.4, -0.2) is 47.0 Å². The van der Waals surface area contributed by atoms with E-state index in [1.807, 2.05) is 30.3 Å². The van der Waals surface area contributed by atoms with Crippen molar-refractivity contribution in [2.45, 2.75) is 19.9 Å². The van der Waals surface area contributed by atoms with E-state index in [0.29, 0.717) is 16.9 Å². The Balaban J connectivity index is 1.66. The lowest BCUT2D eigenvalue weighted by molar-refractivity contribution is -0.139. The topological polar surface area (TPSA) is 112 Å². The molecule has 3 aromatic rings. The molecule has 1 atom stereocenters. The van der Waals surface area contributed by atoms with E-state index in [9.17, 15) is 18.8 Å². The Labute approximate surface area is 200 Å². The highest BCUT2D eigenvalue weighted by Crippen LogP contribution is 2.25. The summed E-state index contributed by atoms with van der Waals surface area (Å²) in [6, 6.07) is 13.6. The predicted molar refractivity (Wildman–Crippen MR) is 124 cm³/mol. The molecule has 180 valence electrons. The van der Waals surface area contributed by atoms with E-state index < -0.39 is 29.8 Å². The number of hydrogen-bond donors (Lipinski definition) is 2. The molecule has 2 heterocycles. The standard InChI is InChI=1S/C25H23FN4O5/c1-3-34-24(32)21-15(2)27-25(33)28-20(21)14-35-23(31)19-13-30(18-7-5-4-6-8-18)29-22(19)16-9-11-17(26)12-10-16/h4-13,15H,3,14H2,1-2H3,(H2,27,28,33)/t15-/m1/s1. The number of nitrogens with zero attached hydrogens (tertiary/aromatic N) is 2. The summed E-state index contributed by atoms with van der Waals surface area (Å²) < 4.78 is 25.6. The molecule has 35 heavy (non-hydrogen) atoms. The first-order valence-corrected chi connectivity index (χ1v) is 10.9. The first-order chi connectivity index (χ1) is 16.9. The summed E-state index contributed by atoms with van der Waals surface area (Å²) in [6.07, 6.45) is 1.51. The second-order valence-electron chi connectivity index (χ2n) is 7.69. The smallest absolute Gasteiger partial charge is 0.342 e. The lowest BCUT2D eigenvalue weighted by Gasteiger charge is -2.26. The van der Waals surface area contributed by atoms with E-state index in [0.717, 1.165) is 0 Å². The van der Waals surface area contributed by atoms with Crippen molar-refractivity contribution in [2.75, 3.05) is 13.2 Å². The summed E-state index contributed by atoms with van der Waals surface area (Å²) in [5, 5.41) is 9.61. The second kappa shape index (κ2) is 10.2. The quantitative estimate of drug-likeness (QED) is 0.504. The highest BCUT2D eigenvalue weighted by atomic mass is 19.1. The molecule has 1 aromatic heterocycles. The van der Waals surface area contributed by atoms with Crippen molar-refractivity contribution in [3.05, 3.63) is 83.4 Å². The fraction of sp³-hybridized carbons (Fsp3) is 0.200. The molecule has 0 saturated carbocycles. The van der Waals surface area contributed by atoms with Gasteiger partial charge >= 0.3 is 18.0 Å². The zero-order chi connectivity index (χ0) is 24.9. The lowest BCUT2D eigenvalue weighted by Crippen LogP contribution is -2.50. The van der Waals surface area contributed by atoms with Gasteiger partial charge in [-0.05, 0) is 50.2 Å². The summed E-state index contributed by atoms with van der Waals surface area (Å²) in [7, 11) is 0. The Kier molecular flexibility index (Phi) is 6.91. The zero-order valence-corrected chi connectivity index (χ0v) is 19.1. The molecule has 0 fully saturated rings. The van der Waals surface area contributed by atoms with Gasteiger partial charge in [0.15, 0.2) is 0 Å². The van der Waals surface area contributed by atoms with Crippen LogP contribution in [0.15, 0.2) is 72.1 Å². The number of esters is 2. The van der Waals surface area contributed by atoms with Gasteiger partial charge in [0.2, 0.25) is 0 Å². The van der Waals surface area contributed by atoms with E-state index in [-0.39, 0.29) is 30.0 Å². The minimum atomic E-state index is -0.734. The summed E-state index contributed by atoms with van der Waals surface area (Å²) in [5.74, 6) is -1.78. The Morgan fingerprint density at radius 3 is 2.46 bits per heavy atom. The van der Waals surface area contributed by atoms with Crippen LogP contribution in [0.2, 0.25) is 0 Å². The predicted octanol–water partition coefficient (Wildman–Crippen LogP) is 3.35. The van der Waals surface area contributed by atoms with E-state index in [1.165, 1.54) is 35.1 Å². The number of rotatable bonds is 7. The highest BCUT2D eigenvalue weighted by Gasteiger charge is 2.31. The van der Waals surface area contributed by atoms with Crippen LogP contribution in [0.3, 0.4) is 0 Å². The molecular weight excluding hydrogens is 455 g/mol. The van der Waals surface area contributed by atoms with Crippen LogP contribution in [0.25, 0.3) is 16.9 Å². The first kappa shape index (κ1) is 23.7. The number of benzene rings is 2. The molecule has 1 aliphatic heterocycles. The third kappa shape index (κ3) is 5.21. The van der Waals surface area contributed by atoms with Crippen LogP contribution in [0.5, 0.6) is 0 Å². The van der Waals surface area contributed by atoms with Gasteiger partial charge in [-0.25, -0.2) is 23.5 Å². The number of aromatic nitrogens is 2. The molecule has 2 N–H and O–H groups in total. The van der Waals surface area contributed by atoms with Gasteiger partial charge in [0.1, 0.15) is 23.7 Å². The minimum absolute atomic E-state index is 0.131. The number of nitrogens with one attached hydrogen (secondary N) is 2. The van der Waals surface area contributed by atoms with Gasteiger partial charge in [-0.15, -0.1) is 0 Å². The van der Waals surface area contributed by atoms with Crippen molar-refractivity contribution in [3.8, 4) is 16.9 Å². The van der Waals surface area contributed by atoms with Gasteiger partial charge in [-0.3, -0.25) is 0 Å². The molecule has 10 heteroatoms. The van der Waals surface area contributed by atoms with E-state index in [4.69, 9.17) is 9.47 Å². The molecule has 9 nitrogen and oxygen atoms in total. The number of amides is 2. The van der Waals surface area contributed by atoms with Crippen LogP contribution < -0.4 is 10.6 Å². The van der Waals surface area contributed by atoms with Gasteiger partial charge in [0.05, 0.1) is 29.6 Å². The van der Waals surface area contributed by atoms with Gasteiger partial charge in [-0.1, -0.05) is 18.2 Å². The van der Waals surface area contributed by atoms with Crippen molar-refractivity contribution in [3.63, 3.8) is 0 Å². The van der Waals surface area contributed by atoms with Crippen LogP contribution in [-0.2, 0) is 14.3 Å². The number of halogens is 1. The maximum atomic E-state index is 13.5. The van der Waals surface area contributed by atoms with E-state index >= 15 is 0 Å². The fourth-order valence-electron chi connectivity index (χ4n) is 3.67. The molecule has 0 saturated heterocycles. The molecule has 0 unspecified atom stereocenters. The zero-order valence-electron chi connectivity index (χ0n) is 19.1. The van der Waals surface area contributed by atoms with Crippen molar-refractivity contribution < 1.29 is 28.2 Å². The Bertz CT molecular complexity index is 1280. The number of hydrogen-bond acceptors (Lipinski definition) is 6. The third-order valence-corrected chi connectivity index (χ3v) is 5.29. The van der Waals surface area contributed by atoms with Crippen LogP contribution in [0.4, 0.5) is 9.18 Å². The van der Waals surface area contributed by atoms with E-state index in [1.54, 1.807) is 13.8 Å². The normalized spacial score (nSPS) is 15.3.